The van der Waals surface area contributed by atoms with Crippen LogP contribution in [0.3, 0.4) is 0 Å². The van der Waals surface area contributed by atoms with E-state index in [9.17, 15) is 13.2 Å². The first-order valence-electron chi connectivity index (χ1n) is 14.6. The topological polar surface area (TPSA) is 88.2 Å². The molecule has 8 nitrogen and oxygen atoms in total. The molecule has 0 bridgehead atoms. The van der Waals surface area contributed by atoms with Gasteiger partial charge >= 0.3 is 6.09 Å². The molecular weight excluding hydrogens is 713 g/mol. The number of piperazine rings is 1. The molecule has 0 radical (unpaired) electrons. The van der Waals surface area contributed by atoms with E-state index >= 15 is 0 Å². The molecule has 1 fully saturated rings. The van der Waals surface area contributed by atoms with Gasteiger partial charge in [-0.1, -0.05) is 87.2 Å². The maximum absolute atomic E-state index is 12.3. The van der Waals surface area contributed by atoms with Gasteiger partial charge in [0.25, 0.3) is 10.1 Å². The number of rotatable bonds is 9. The van der Waals surface area contributed by atoms with Crippen molar-refractivity contribution in [1.82, 2.24) is 10.2 Å². The number of nitrogens with one attached hydrogen (secondary N) is 1. The van der Waals surface area contributed by atoms with E-state index in [1.54, 1.807) is 42.3 Å². The summed E-state index contributed by atoms with van der Waals surface area (Å²) < 4.78 is 35.3. The molecule has 1 aliphatic rings. The number of amides is 1. The first kappa shape index (κ1) is 35.7. The van der Waals surface area contributed by atoms with Gasteiger partial charge in [0.1, 0.15) is 6.61 Å². The third kappa shape index (κ3) is 10.7. The highest BCUT2D eigenvalue weighted by atomic mass is 79.9. The molecule has 46 heavy (non-hydrogen) atoms. The van der Waals surface area contributed by atoms with Crippen molar-refractivity contribution in [2.45, 2.75) is 31.6 Å². The Labute approximate surface area is 289 Å². The van der Waals surface area contributed by atoms with Gasteiger partial charge in [0, 0.05) is 53.4 Å². The van der Waals surface area contributed by atoms with Crippen LogP contribution in [0.5, 0.6) is 0 Å². The quantitative estimate of drug-likeness (QED) is 0.175. The highest BCUT2D eigenvalue weighted by Gasteiger charge is 2.17. The van der Waals surface area contributed by atoms with Crippen LogP contribution in [0.1, 0.15) is 22.3 Å². The monoisotopic (exact) mass is 747 g/mol. The van der Waals surface area contributed by atoms with Gasteiger partial charge in [-0.3, -0.25) is 4.18 Å². The van der Waals surface area contributed by atoms with Crippen LogP contribution >= 0.6 is 39.1 Å². The summed E-state index contributed by atoms with van der Waals surface area (Å²) in [5.41, 5.74) is 4.61. The fourth-order valence-corrected chi connectivity index (χ4v) is 6.17. The highest BCUT2D eigenvalue weighted by molar-refractivity contribution is 9.10. The van der Waals surface area contributed by atoms with E-state index < -0.39 is 10.1 Å². The molecule has 0 unspecified atom stereocenters. The van der Waals surface area contributed by atoms with Crippen LogP contribution in [0.15, 0.2) is 100 Å². The summed E-state index contributed by atoms with van der Waals surface area (Å²) >= 11 is 15.6. The van der Waals surface area contributed by atoms with E-state index in [0.717, 1.165) is 53.0 Å². The van der Waals surface area contributed by atoms with Gasteiger partial charge in [-0.25, -0.2) is 4.79 Å². The standard InChI is InChI=1S/C20H24ClN3O2.C14H12BrClO3S/c1-23(20(25)26-15-16-5-3-2-4-6-16)14-17-13-18(7-8-19(17)21)24-11-9-22-10-12-24;1-10-2-5-13(6-3-10)20(17,18)19-9-11-8-12(15)4-7-14(11)16/h2-8,13,22H,9-12,14-15H2,1H3;2-8H,9H2,1H3. The molecule has 12 heteroatoms. The maximum Gasteiger partial charge on any atom is 0.410 e. The van der Waals surface area contributed by atoms with Crippen LogP contribution in [0, 0.1) is 6.92 Å². The second-order valence-electron chi connectivity index (χ2n) is 10.7. The second-order valence-corrected chi connectivity index (χ2v) is 14.0. The third-order valence-corrected chi connectivity index (χ3v) is 9.63. The van der Waals surface area contributed by atoms with Crippen molar-refractivity contribution >= 4 is 61.0 Å². The van der Waals surface area contributed by atoms with Crippen LogP contribution in [0.25, 0.3) is 0 Å². The molecular formula is C34H36BrCl2N3O5S. The molecule has 244 valence electrons. The number of hydrogen-bond donors (Lipinski definition) is 1. The van der Waals surface area contributed by atoms with Crippen LogP contribution < -0.4 is 10.2 Å². The van der Waals surface area contributed by atoms with Gasteiger partial charge in [0.05, 0.1) is 18.0 Å². The molecule has 4 aromatic carbocycles. The lowest BCUT2D eigenvalue weighted by Gasteiger charge is -2.30. The largest absolute Gasteiger partial charge is 0.445 e. The summed E-state index contributed by atoms with van der Waals surface area (Å²) in [6, 6.07) is 27.3. The van der Waals surface area contributed by atoms with Crippen LogP contribution in [-0.4, -0.2) is 52.6 Å². The second kappa shape index (κ2) is 17.2. The van der Waals surface area contributed by atoms with Gasteiger partial charge < -0.3 is 19.9 Å². The summed E-state index contributed by atoms with van der Waals surface area (Å²) in [6.07, 6.45) is -0.363. The predicted octanol–water partition coefficient (Wildman–Crippen LogP) is 7.83. The Morgan fingerprint density at radius 1 is 0.891 bits per heavy atom. The fourth-order valence-electron chi connectivity index (χ4n) is 4.52. The number of benzene rings is 4. The summed E-state index contributed by atoms with van der Waals surface area (Å²) in [6.45, 7) is 6.34. The van der Waals surface area contributed by atoms with Crippen LogP contribution in [0.4, 0.5) is 10.5 Å². The molecule has 4 aromatic rings. The van der Waals surface area contributed by atoms with Crippen molar-refractivity contribution < 1.29 is 22.1 Å². The maximum atomic E-state index is 12.3. The SMILES string of the molecule is CN(Cc1cc(N2CCNCC2)ccc1Cl)C(=O)OCc1ccccc1.Cc1ccc(S(=O)(=O)OCc2cc(Br)ccc2Cl)cc1. The van der Waals surface area contributed by atoms with E-state index in [4.69, 9.17) is 32.1 Å². The van der Waals surface area contributed by atoms with Crippen LogP contribution in [-0.2, 0) is 38.8 Å². The molecule has 0 aromatic heterocycles. The molecule has 1 amide bonds. The highest BCUT2D eigenvalue weighted by Crippen LogP contribution is 2.26. The van der Waals surface area contributed by atoms with E-state index in [-0.39, 0.29) is 24.2 Å². The molecule has 1 aliphatic heterocycles. The van der Waals surface area contributed by atoms with Gasteiger partial charge in [-0.15, -0.1) is 0 Å². The predicted molar refractivity (Wildman–Crippen MR) is 187 cm³/mol. The van der Waals surface area contributed by atoms with Gasteiger partial charge in [-0.2, -0.15) is 8.42 Å². The van der Waals surface area contributed by atoms with Crippen molar-refractivity contribution in [1.29, 1.82) is 0 Å². The number of carbonyl (C=O) groups excluding carboxylic acids is 1. The van der Waals surface area contributed by atoms with E-state index in [1.807, 2.05) is 49.4 Å². The number of ether oxygens (including phenoxy) is 1. The lowest BCUT2D eigenvalue weighted by molar-refractivity contribution is 0.103. The number of hydrogen-bond acceptors (Lipinski definition) is 7. The smallest absolute Gasteiger partial charge is 0.410 e. The molecule has 5 rings (SSSR count). The first-order valence-corrected chi connectivity index (χ1v) is 17.5. The molecule has 1 heterocycles. The Morgan fingerprint density at radius 2 is 1.54 bits per heavy atom. The van der Waals surface area contributed by atoms with E-state index in [1.165, 1.54) is 12.1 Å². The number of aryl methyl sites for hydroxylation is 1. The summed E-state index contributed by atoms with van der Waals surface area (Å²) in [5, 5.41) is 4.47. The van der Waals surface area contributed by atoms with Crippen molar-refractivity contribution in [2.24, 2.45) is 0 Å². The van der Waals surface area contributed by atoms with Crippen molar-refractivity contribution in [3.05, 3.63) is 128 Å². The van der Waals surface area contributed by atoms with Crippen LogP contribution in [0.2, 0.25) is 10.0 Å². The Balaban J connectivity index is 0.000000216. The Hall–Kier alpha value is -3.12. The minimum absolute atomic E-state index is 0.103. The van der Waals surface area contributed by atoms with Crippen molar-refractivity contribution in [3.8, 4) is 0 Å². The Kier molecular flexibility index (Phi) is 13.3. The lowest BCUT2D eigenvalue weighted by Crippen LogP contribution is -2.43. The minimum atomic E-state index is -3.78. The van der Waals surface area contributed by atoms with Crippen molar-refractivity contribution in [2.75, 3.05) is 38.1 Å². The zero-order valence-electron chi connectivity index (χ0n) is 25.6. The van der Waals surface area contributed by atoms with E-state index in [2.05, 4.69) is 32.2 Å². The zero-order chi connectivity index (χ0) is 33.1. The number of anilines is 1. The number of halogens is 3. The molecule has 0 saturated carbocycles. The number of nitrogens with zero attached hydrogens (tertiary/aromatic N) is 2. The third-order valence-electron chi connectivity index (χ3n) is 7.12. The number of carbonyl (C=O) groups is 1. The minimum Gasteiger partial charge on any atom is -0.445 e. The first-order chi connectivity index (χ1) is 22.0. The Bertz CT molecular complexity index is 1700. The average molecular weight is 750 g/mol. The molecule has 0 aliphatic carbocycles. The average Bonchev–Trinajstić information content (AvgIpc) is 3.06. The normalized spacial score (nSPS) is 13.0. The fraction of sp³-hybridized carbons (Fsp3) is 0.265. The summed E-state index contributed by atoms with van der Waals surface area (Å²) in [7, 11) is -2.06. The van der Waals surface area contributed by atoms with Gasteiger partial charge in [0.2, 0.25) is 0 Å². The zero-order valence-corrected chi connectivity index (χ0v) is 29.5. The Morgan fingerprint density at radius 3 is 2.24 bits per heavy atom. The molecule has 0 spiro atoms. The van der Waals surface area contributed by atoms with E-state index in [0.29, 0.717) is 22.2 Å². The molecule has 0 atom stereocenters. The van der Waals surface area contributed by atoms with Crippen molar-refractivity contribution in [3.63, 3.8) is 0 Å². The van der Waals surface area contributed by atoms with Gasteiger partial charge in [-0.05, 0) is 72.1 Å². The molecule has 1 saturated heterocycles. The summed E-state index contributed by atoms with van der Waals surface area (Å²) in [4.78, 5) is 16.3. The van der Waals surface area contributed by atoms with Gasteiger partial charge in [0.15, 0.2) is 0 Å². The molecule has 1 N–H and O–H groups in total. The lowest BCUT2D eigenvalue weighted by atomic mass is 10.1. The summed E-state index contributed by atoms with van der Waals surface area (Å²) in [5.74, 6) is 0.